The van der Waals surface area contributed by atoms with Crippen molar-refractivity contribution in [3.8, 4) is 0 Å². The third-order valence-electron chi connectivity index (χ3n) is 3.24. The molecule has 0 radical (unpaired) electrons. The molecular weight excluding hydrogens is 352 g/mol. The number of benzene rings is 2. The highest BCUT2D eigenvalue weighted by molar-refractivity contribution is 8.76. The Kier molecular flexibility index (Phi) is 7.08. The van der Waals surface area contributed by atoms with E-state index in [0.29, 0.717) is 0 Å². The third-order valence-corrected chi connectivity index (χ3v) is 6.54. The molecule has 0 saturated heterocycles. The van der Waals surface area contributed by atoms with Crippen molar-refractivity contribution in [2.75, 3.05) is 0 Å². The molecule has 0 aliphatic rings. The minimum Gasteiger partial charge on any atom is -0.240 e. The van der Waals surface area contributed by atoms with Crippen LogP contribution in [-0.4, -0.2) is 9.97 Å². The molecule has 0 spiro atoms. The Morgan fingerprint density at radius 1 is 0.708 bits per heavy atom. The van der Waals surface area contributed by atoms with Gasteiger partial charge in [-0.05, 0) is 29.3 Å². The van der Waals surface area contributed by atoms with Gasteiger partial charge in [-0.25, -0.2) is 9.97 Å². The van der Waals surface area contributed by atoms with Gasteiger partial charge in [-0.2, -0.15) is 11.8 Å². The molecule has 24 heavy (non-hydrogen) atoms. The van der Waals surface area contributed by atoms with Crippen molar-refractivity contribution in [1.82, 2.24) is 9.97 Å². The molecule has 1 aromatic heterocycles. The lowest BCUT2D eigenvalue weighted by atomic mass is 10.2. The fourth-order valence-corrected chi connectivity index (χ4v) is 5.04. The van der Waals surface area contributed by atoms with Crippen LogP contribution < -0.4 is 0 Å². The van der Waals surface area contributed by atoms with Crippen LogP contribution in [0.1, 0.15) is 17.0 Å². The van der Waals surface area contributed by atoms with E-state index in [4.69, 9.17) is 0 Å². The fourth-order valence-electron chi connectivity index (χ4n) is 2.10. The second-order valence-corrected chi connectivity index (χ2v) is 8.49. The quantitative estimate of drug-likeness (QED) is 0.463. The third kappa shape index (κ3) is 5.89. The van der Waals surface area contributed by atoms with Gasteiger partial charge in [0.15, 0.2) is 0 Å². The molecule has 1 heterocycles. The Labute approximate surface area is 155 Å². The van der Waals surface area contributed by atoms with Crippen LogP contribution >= 0.6 is 33.3 Å². The largest absolute Gasteiger partial charge is 0.240 e. The summed E-state index contributed by atoms with van der Waals surface area (Å²) in [6.07, 6.45) is 3.58. The number of hydrogen-bond acceptors (Lipinski definition) is 5. The Balaban J connectivity index is 1.45. The van der Waals surface area contributed by atoms with E-state index >= 15 is 0 Å². The first-order valence-electron chi connectivity index (χ1n) is 7.66. The Hall–Kier alpha value is -1.43. The molecule has 5 heteroatoms. The number of rotatable bonds is 8. The van der Waals surface area contributed by atoms with Crippen LogP contribution in [0, 0.1) is 0 Å². The van der Waals surface area contributed by atoms with Crippen molar-refractivity contribution < 1.29 is 0 Å². The number of thioether (sulfide) groups is 1. The maximum absolute atomic E-state index is 4.25. The second-order valence-electron chi connectivity index (χ2n) is 5.14. The van der Waals surface area contributed by atoms with E-state index in [9.17, 15) is 0 Å². The lowest BCUT2D eigenvalue weighted by Gasteiger charge is -2.05. The maximum atomic E-state index is 4.25. The average Bonchev–Trinajstić information content (AvgIpc) is 2.64. The number of nitrogens with zero attached hydrogens (tertiary/aromatic N) is 2. The molecule has 0 amide bonds. The van der Waals surface area contributed by atoms with Crippen molar-refractivity contribution in [2.24, 2.45) is 0 Å². The summed E-state index contributed by atoms with van der Waals surface area (Å²) in [7, 11) is 3.56. The van der Waals surface area contributed by atoms with Gasteiger partial charge in [-0.15, -0.1) is 0 Å². The van der Waals surface area contributed by atoms with Gasteiger partial charge in [0.1, 0.15) is 5.82 Å². The molecule has 2 nitrogen and oxygen atoms in total. The summed E-state index contributed by atoms with van der Waals surface area (Å²) < 4.78 is 0. The maximum Gasteiger partial charge on any atom is 0.138 e. The van der Waals surface area contributed by atoms with Crippen LogP contribution in [0.25, 0.3) is 0 Å². The van der Waals surface area contributed by atoms with Gasteiger partial charge in [0.2, 0.25) is 0 Å². The molecule has 122 valence electrons. The highest BCUT2D eigenvalue weighted by Gasteiger charge is 2.01. The van der Waals surface area contributed by atoms with Crippen molar-refractivity contribution in [1.29, 1.82) is 0 Å². The Morgan fingerprint density at radius 3 is 2.29 bits per heavy atom. The minimum absolute atomic E-state index is 0.818. The molecule has 0 aliphatic carbocycles. The van der Waals surface area contributed by atoms with Crippen LogP contribution in [0.4, 0.5) is 0 Å². The molecule has 2 aromatic carbocycles. The summed E-state index contributed by atoms with van der Waals surface area (Å²) in [6, 6.07) is 21.2. The second kappa shape index (κ2) is 9.77. The Bertz CT molecular complexity index is 675. The van der Waals surface area contributed by atoms with Crippen LogP contribution in [0.15, 0.2) is 78.0 Å². The fraction of sp³-hybridized carbons (Fsp3) is 0.158. The SMILES string of the molecule is c1ccc(CSCc2cccc(SSCc3ncccn3)c2)cc1. The van der Waals surface area contributed by atoms with E-state index in [1.807, 2.05) is 17.8 Å². The van der Waals surface area contributed by atoms with E-state index in [-0.39, 0.29) is 0 Å². The normalized spacial score (nSPS) is 10.7. The van der Waals surface area contributed by atoms with Crippen LogP contribution in [-0.2, 0) is 17.3 Å². The monoisotopic (exact) mass is 370 g/mol. The van der Waals surface area contributed by atoms with E-state index in [1.54, 1.807) is 34.0 Å². The van der Waals surface area contributed by atoms with Crippen molar-refractivity contribution in [2.45, 2.75) is 22.2 Å². The van der Waals surface area contributed by atoms with Gasteiger partial charge < -0.3 is 0 Å². The molecule has 3 rings (SSSR count). The summed E-state index contributed by atoms with van der Waals surface area (Å²) in [4.78, 5) is 9.78. The van der Waals surface area contributed by atoms with Crippen molar-refractivity contribution in [3.63, 3.8) is 0 Å². The zero-order valence-corrected chi connectivity index (χ0v) is 15.6. The molecule has 0 aliphatic heterocycles. The predicted octanol–water partition coefficient (Wildman–Crippen LogP) is 5.85. The van der Waals surface area contributed by atoms with Crippen molar-refractivity contribution in [3.05, 3.63) is 90.0 Å². The van der Waals surface area contributed by atoms with E-state index in [1.165, 1.54) is 16.0 Å². The molecule has 0 unspecified atom stereocenters. The molecular formula is C19H18N2S3. The van der Waals surface area contributed by atoms with Crippen LogP contribution in [0.2, 0.25) is 0 Å². The lowest BCUT2D eigenvalue weighted by Crippen LogP contribution is -1.88. The average molecular weight is 371 g/mol. The standard InChI is InChI=1S/C19H18N2S3/c1-2-6-16(7-3-1)13-22-14-17-8-4-9-18(12-17)24-23-15-19-20-10-5-11-21-19/h1-12H,13-15H2. The summed E-state index contributed by atoms with van der Waals surface area (Å²) in [6.45, 7) is 0. The van der Waals surface area contributed by atoms with Gasteiger partial charge in [0, 0.05) is 28.8 Å². The summed E-state index contributed by atoms with van der Waals surface area (Å²) in [5, 5.41) is 0. The van der Waals surface area contributed by atoms with Gasteiger partial charge in [-0.3, -0.25) is 0 Å². The van der Waals surface area contributed by atoms with Gasteiger partial charge in [0.25, 0.3) is 0 Å². The first-order valence-corrected chi connectivity index (χ1v) is 11.1. The molecule has 0 atom stereocenters. The first-order chi connectivity index (χ1) is 11.9. The number of hydrogen-bond donors (Lipinski definition) is 0. The van der Waals surface area contributed by atoms with Crippen LogP contribution in [0.3, 0.4) is 0 Å². The summed E-state index contributed by atoms with van der Waals surface area (Å²) >= 11 is 1.95. The number of aromatic nitrogens is 2. The van der Waals surface area contributed by atoms with E-state index in [2.05, 4.69) is 64.6 Å². The first kappa shape index (κ1) is 17.4. The highest BCUT2D eigenvalue weighted by atomic mass is 33.1. The lowest BCUT2D eigenvalue weighted by molar-refractivity contribution is 1.04. The molecule has 0 saturated carbocycles. The zero-order valence-electron chi connectivity index (χ0n) is 13.2. The van der Waals surface area contributed by atoms with Gasteiger partial charge >= 0.3 is 0 Å². The molecule has 0 N–H and O–H groups in total. The minimum atomic E-state index is 0.818. The smallest absolute Gasteiger partial charge is 0.138 e. The Morgan fingerprint density at radius 2 is 1.46 bits per heavy atom. The van der Waals surface area contributed by atoms with Crippen molar-refractivity contribution >= 4 is 33.3 Å². The predicted molar refractivity (Wildman–Crippen MR) is 107 cm³/mol. The van der Waals surface area contributed by atoms with Gasteiger partial charge in [-0.1, -0.05) is 64.1 Å². The highest BCUT2D eigenvalue weighted by Crippen LogP contribution is 2.33. The van der Waals surface area contributed by atoms with E-state index < -0.39 is 0 Å². The van der Waals surface area contributed by atoms with Gasteiger partial charge in [0.05, 0.1) is 5.75 Å². The molecule has 0 bridgehead atoms. The molecule has 0 fully saturated rings. The summed E-state index contributed by atoms with van der Waals surface area (Å²) in [5.41, 5.74) is 2.75. The van der Waals surface area contributed by atoms with Crippen LogP contribution in [0.5, 0.6) is 0 Å². The zero-order chi connectivity index (χ0) is 16.5. The van der Waals surface area contributed by atoms with E-state index in [0.717, 1.165) is 23.1 Å². The topological polar surface area (TPSA) is 25.8 Å². The molecule has 3 aromatic rings. The summed E-state index contributed by atoms with van der Waals surface area (Å²) in [5.74, 6) is 3.79.